The predicted molar refractivity (Wildman–Crippen MR) is 81.0 cm³/mol. The van der Waals surface area contributed by atoms with Crippen LogP contribution in [-0.2, 0) is 6.54 Å². The maximum absolute atomic E-state index is 5.24. The van der Waals surface area contributed by atoms with Gasteiger partial charge < -0.3 is 14.8 Å². The van der Waals surface area contributed by atoms with Crippen LogP contribution in [0.25, 0.3) is 21.8 Å². The minimum absolute atomic E-state index is 0.466. The zero-order valence-electron chi connectivity index (χ0n) is 10.9. The van der Waals surface area contributed by atoms with Crippen molar-refractivity contribution in [2.75, 3.05) is 5.32 Å². The lowest BCUT2D eigenvalue weighted by Gasteiger charge is -2.01. The zero-order valence-corrected chi connectivity index (χ0v) is 11.7. The number of nitrogens with one attached hydrogen (secondary N) is 2. The Morgan fingerprint density at radius 1 is 1.19 bits per heavy atom. The lowest BCUT2D eigenvalue weighted by Crippen LogP contribution is -2.02. The molecule has 0 saturated carbocycles. The highest BCUT2D eigenvalue weighted by molar-refractivity contribution is 7.13. The van der Waals surface area contributed by atoms with Crippen molar-refractivity contribution in [1.82, 2.24) is 20.1 Å². The van der Waals surface area contributed by atoms with Gasteiger partial charge in [0.15, 0.2) is 5.82 Å². The molecule has 0 bridgehead atoms. The fourth-order valence-corrected chi connectivity index (χ4v) is 2.67. The first-order valence-electron chi connectivity index (χ1n) is 6.43. The van der Waals surface area contributed by atoms with Crippen LogP contribution in [0.1, 0.15) is 5.82 Å². The Balaban J connectivity index is 1.49. The van der Waals surface area contributed by atoms with E-state index < -0.39 is 0 Å². The first-order valence-corrected chi connectivity index (χ1v) is 7.31. The molecule has 0 unspecified atom stereocenters. The van der Waals surface area contributed by atoms with Crippen LogP contribution in [0.2, 0.25) is 0 Å². The van der Waals surface area contributed by atoms with Crippen molar-refractivity contribution in [3.63, 3.8) is 0 Å². The molecule has 0 aliphatic rings. The molecule has 2 N–H and O–H groups in total. The van der Waals surface area contributed by atoms with Crippen molar-refractivity contribution < 1.29 is 4.52 Å². The van der Waals surface area contributed by atoms with Gasteiger partial charge in [0.25, 0.3) is 5.89 Å². The molecule has 0 spiro atoms. The highest BCUT2D eigenvalue weighted by atomic mass is 32.1. The van der Waals surface area contributed by atoms with Gasteiger partial charge in [-0.3, -0.25) is 0 Å². The second-order valence-corrected chi connectivity index (χ2v) is 5.41. The van der Waals surface area contributed by atoms with Crippen LogP contribution >= 0.6 is 11.3 Å². The van der Waals surface area contributed by atoms with E-state index in [0.29, 0.717) is 18.3 Å². The Morgan fingerprint density at radius 2 is 2.19 bits per heavy atom. The lowest BCUT2D eigenvalue weighted by molar-refractivity contribution is 0.424. The van der Waals surface area contributed by atoms with Gasteiger partial charge in [0, 0.05) is 11.6 Å². The number of aromatic nitrogens is 4. The highest BCUT2D eigenvalue weighted by Gasteiger charge is 2.09. The van der Waals surface area contributed by atoms with Gasteiger partial charge in [-0.05, 0) is 29.6 Å². The average molecular weight is 297 g/mol. The van der Waals surface area contributed by atoms with E-state index in [1.165, 1.54) is 0 Å². The van der Waals surface area contributed by atoms with Crippen LogP contribution in [0, 0.1) is 0 Å². The largest absolute Gasteiger partial charge is 0.363 e. The summed E-state index contributed by atoms with van der Waals surface area (Å²) >= 11 is 1.57. The number of anilines is 1. The van der Waals surface area contributed by atoms with E-state index in [1.54, 1.807) is 11.3 Å². The molecule has 0 atom stereocenters. The maximum atomic E-state index is 5.24. The number of aromatic amines is 1. The summed E-state index contributed by atoms with van der Waals surface area (Å²) in [6.07, 6.45) is 1.87. The molecule has 0 aliphatic carbocycles. The summed E-state index contributed by atoms with van der Waals surface area (Å²) in [5.41, 5.74) is 0.854. The van der Waals surface area contributed by atoms with E-state index in [1.807, 2.05) is 41.9 Å². The minimum Gasteiger partial charge on any atom is -0.363 e. The second kappa shape index (κ2) is 5.02. The number of H-pyrrole nitrogens is 1. The fraction of sp³-hybridized carbons (Fsp3) is 0.0714. The van der Waals surface area contributed by atoms with Crippen molar-refractivity contribution in [3.05, 3.63) is 47.7 Å². The Hall–Kier alpha value is -2.67. The fourth-order valence-electron chi connectivity index (χ4n) is 2.02. The van der Waals surface area contributed by atoms with Gasteiger partial charge in [0.05, 0.1) is 11.4 Å². The molecular formula is C14H11N5OS. The maximum Gasteiger partial charge on any atom is 0.268 e. The number of nitrogens with zero attached hydrogens (tertiary/aromatic N) is 3. The van der Waals surface area contributed by atoms with Gasteiger partial charge in [-0.2, -0.15) is 4.98 Å². The van der Waals surface area contributed by atoms with E-state index in [2.05, 4.69) is 25.4 Å². The van der Waals surface area contributed by atoms with Gasteiger partial charge in [0.2, 0.25) is 0 Å². The molecule has 0 radical (unpaired) electrons. The first-order chi connectivity index (χ1) is 10.4. The minimum atomic E-state index is 0.466. The third-order valence-corrected chi connectivity index (χ3v) is 3.89. The molecular weight excluding hydrogens is 286 g/mol. The predicted octanol–water partition coefficient (Wildman–Crippen LogP) is 3.29. The molecule has 6 nitrogen and oxygen atoms in total. The van der Waals surface area contributed by atoms with Crippen LogP contribution in [0.4, 0.5) is 5.82 Å². The molecule has 0 fully saturated rings. The average Bonchev–Trinajstić information content (AvgIpc) is 3.24. The van der Waals surface area contributed by atoms with E-state index in [4.69, 9.17) is 4.52 Å². The number of hydrogen-bond donors (Lipinski definition) is 2. The van der Waals surface area contributed by atoms with Gasteiger partial charge >= 0.3 is 0 Å². The van der Waals surface area contributed by atoms with Crippen molar-refractivity contribution in [2.24, 2.45) is 0 Å². The third kappa shape index (κ3) is 2.38. The summed E-state index contributed by atoms with van der Waals surface area (Å²) < 4.78 is 5.24. The van der Waals surface area contributed by atoms with Crippen molar-refractivity contribution in [2.45, 2.75) is 6.54 Å². The monoisotopic (exact) mass is 297 g/mol. The highest BCUT2D eigenvalue weighted by Crippen LogP contribution is 2.22. The first kappa shape index (κ1) is 12.1. The summed E-state index contributed by atoms with van der Waals surface area (Å²) in [5.74, 6) is 1.92. The number of pyridine rings is 1. The number of thiophene rings is 1. The smallest absolute Gasteiger partial charge is 0.268 e. The van der Waals surface area contributed by atoms with Crippen molar-refractivity contribution in [3.8, 4) is 10.8 Å². The molecule has 0 aromatic carbocycles. The van der Waals surface area contributed by atoms with E-state index in [-0.39, 0.29) is 0 Å². The van der Waals surface area contributed by atoms with Gasteiger partial charge in [-0.15, -0.1) is 11.3 Å². The lowest BCUT2D eigenvalue weighted by atomic mass is 10.3. The summed E-state index contributed by atoms with van der Waals surface area (Å²) in [4.78, 5) is 12.9. The van der Waals surface area contributed by atoms with Crippen LogP contribution in [0.3, 0.4) is 0 Å². The Kier molecular flexibility index (Phi) is 2.89. The molecule has 4 aromatic heterocycles. The van der Waals surface area contributed by atoms with Gasteiger partial charge in [0.1, 0.15) is 11.5 Å². The van der Waals surface area contributed by atoms with Crippen LogP contribution < -0.4 is 5.32 Å². The Morgan fingerprint density at radius 3 is 3.10 bits per heavy atom. The molecule has 104 valence electrons. The molecule has 0 saturated heterocycles. The van der Waals surface area contributed by atoms with E-state index >= 15 is 0 Å². The van der Waals surface area contributed by atoms with E-state index in [0.717, 1.165) is 21.7 Å². The normalized spacial score (nSPS) is 11.0. The standard InChI is InChI=1S/C14H11N5OS/c1-2-10(21-7-1)14-18-12(19-20-14)8-16-11-4-3-9-5-6-15-13(9)17-11/h1-7H,8H2,(H2,15,16,17). The molecule has 21 heavy (non-hydrogen) atoms. The summed E-state index contributed by atoms with van der Waals surface area (Å²) in [7, 11) is 0. The Bertz CT molecular complexity index is 864. The summed E-state index contributed by atoms with van der Waals surface area (Å²) in [6.45, 7) is 0.466. The Labute approximate surface area is 123 Å². The number of hydrogen-bond acceptors (Lipinski definition) is 6. The molecule has 0 amide bonds. The second-order valence-electron chi connectivity index (χ2n) is 4.46. The number of rotatable bonds is 4. The van der Waals surface area contributed by atoms with Crippen LogP contribution in [-0.4, -0.2) is 20.1 Å². The van der Waals surface area contributed by atoms with Crippen molar-refractivity contribution in [1.29, 1.82) is 0 Å². The summed E-state index contributed by atoms with van der Waals surface area (Å²) in [6, 6.07) is 9.83. The SMILES string of the molecule is c1csc(-c2nc(CNc3ccc4cc[nH]c4n3)no2)c1. The quantitative estimate of drug-likeness (QED) is 0.604. The topological polar surface area (TPSA) is 79.6 Å². The van der Waals surface area contributed by atoms with Gasteiger partial charge in [-0.1, -0.05) is 11.2 Å². The molecule has 0 aliphatic heterocycles. The molecule has 4 heterocycles. The zero-order chi connectivity index (χ0) is 14.1. The van der Waals surface area contributed by atoms with Crippen molar-refractivity contribution >= 4 is 28.2 Å². The van der Waals surface area contributed by atoms with Crippen LogP contribution in [0.5, 0.6) is 0 Å². The summed E-state index contributed by atoms with van der Waals surface area (Å²) in [5, 5.41) is 10.2. The molecule has 4 rings (SSSR count). The third-order valence-electron chi connectivity index (χ3n) is 3.04. The number of fused-ring (bicyclic) bond motifs is 1. The molecule has 4 aromatic rings. The van der Waals surface area contributed by atoms with E-state index in [9.17, 15) is 0 Å². The van der Waals surface area contributed by atoms with Gasteiger partial charge in [-0.25, -0.2) is 4.98 Å². The van der Waals surface area contributed by atoms with Crippen LogP contribution in [0.15, 0.2) is 46.4 Å². The molecule has 7 heteroatoms.